The van der Waals surface area contributed by atoms with Crippen LogP contribution in [-0.4, -0.2) is 78.1 Å². The molecule has 2 saturated heterocycles. The first kappa shape index (κ1) is 25.7. The van der Waals surface area contributed by atoms with Crippen LogP contribution in [0.25, 0.3) is 11.1 Å². The van der Waals surface area contributed by atoms with Crippen molar-refractivity contribution >= 4 is 35.1 Å². The fraction of sp³-hybridized carbons (Fsp3) is 0.308. The van der Waals surface area contributed by atoms with Gasteiger partial charge in [-0.25, -0.2) is 9.78 Å². The smallest absolute Gasteiger partial charge is 0.414 e. The first-order valence-corrected chi connectivity index (χ1v) is 12.3. The lowest BCUT2D eigenvalue weighted by Crippen LogP contribution is -2.49. The van der Waals surface area contributed by atoms with Gasteiger partial charge in [0.05, 0.1) is 36.2 Å². The molecule has 1 N–H and O–H groups in total. The number of nitro groups is 1. The second-order valence-electron chi connectivity index (χ2n) is 9.21. The van der Waals surface area contributed by atoms with Crippen molar-refractivity contribution in [3.63, 3.8) is 0 Å². The Morgan fingerprint density at radius 1 is 1.10 bits per heavy atom. The lowest BCUT2D eigenvalue weighted by molar-refractivity contribution is -0.384. The summed E-state index contributed by atoms with van der Waals surface area (Å²) in [6.07, 6.45) is 2.17. The van der Waals surface area contributed by atoms with Crippen LogP contribution in [0.3, 0.4) is 0 Å². The van der Waals surface area contributed by atoms with Gasteiger partial charge in [0, 0.05) is 50.8 Å². The highest BCUT2D eigenvalue weighted by molar-refractivity contribution is 5.93. The molecule has 3 amide bonds. The van der Waals surface area contributed by atoms with Crippen LogP contribution in [0.2, 0.25) is 0 Å². The van der Waals surface area contributed by atoms with E-state index in [1.165, 1.54) is 30.2 Å². The second kappa shape index (κ2) is 10.8. The molecule has 1 unspecified atom stereocenters. The molecule has 0 spiro atoms. The molecule has 3 aromatic rings. The van der Waals surface area contributed by atoms with Crippen molar-refractivity contribution < 1.29 is 28.5 Å². The number of nitro benzene ring substituents is 1. The van der Waals surface area contributed by atoms with Gasteiger partial charge in [0.25, 0.3) is 11.6 Å². The maximum absolute atomic E-state index is 13.0. The summed E-state index contributed by atoms with van der Waals surface area (Å²) in [6, 6.07) is 11.3. The molecule has 0 radical (unpaired) electrons. The van der Waals surface area contributed by atoms with Crippen molar-refractivity contribution in [3.8, 4) is 11.1 Å². The minimum absolute atomic E-state index is 0.00793. The predicted octanol–water partition coefficient (Wildman–Crippen LogP) is 2.67. The molecule has 1 atom stereocenters. The van der Waals surface area contributed by atoms with E-state index in [-0.39, 0.29) is 29.8 Å². The van der Waals surface area contributed by atoms with E-state index >= 15 is 0 Å². The van der Waals surface area contributed by atoms with E-state index in [0.29, 0.717) is 49.5 Å². The number of aromatic nitrogens is 1. The van der Waals surface area contributed by atoms with Crippen molar-refractivity contribution in [2.24, 2.45) is 0 Å². The van der Waals surface area contributed by atoms with Gasteiger partial charge in [-0.1, -0.05) is 0 Å². The monoisotopic (exact) mass is 534 g/mol. The van der Waals surface area contributed by atoms with Crippen LogP contribution in [0, 0.1) is 10.1 Å². The number of carbonyl (C=O) groups excluding carboxylic acids is 3. The maximum atomic E-state index is 13.0. The third-order valence-corrected chi connectivity index (χ3v) is 6.61. The molecule has 0 bridgehead atoms. The number of non-ortho nitro benzene ring substituents is 1. The van der Waals surface area contributed by atoms with Gasteiger partial charge in [0.1, 0.15) is 11.9 Å². The fourth-order valence-corrected chi connectivity index (χ4v) is 4.49. The van der Waals surface area contributed by atoms with Gasteiger partial charge in [0.15, 0.2) is 5.76 Å². The Bertz CT molecular complexity index is 1380. The van der Waals surface area contributed by atoms with E-state index in [0.717, 1.165) is 5.82 Å². The van der Waals surface area contributed by atoms with Crippen LogP contribution in [0.15, 0.2) is 59.3 Å². The minimum Gasteiger partial charge on any atom is -0.459 e. The highest BCUT2D eigenvalue weighted by atomic mass is 16.6. The van der Waals surface area contributed by atoms with Gasteiger partial charge >= 0.3 is 6.09 Å². The molecule has 13 nitrogen and oxygen atoms in total. The Kier molecular flexibility index (Phi) is 7.12. The zero-order valence-corrected chi connectivity index (χ0v) is 21.1. The van der Waals surface area contributed by atoms with Crippen LogP contribution in [-0.2, 0) is 9.53 Å². The molecule has 0 saturated carbocycles. The molecule has 2 aliphatic rings. The van der Waals surface area contributed by atoms with E-state index in [9.17, 15) is 24.5 Å². The SMILES string of the molecule is CC(=O)NCC1CN(c2ccc(N3CCN(C(=O)c4cc(-c5ccc([N+](=O)[O-])cc5)co4)CC3)nc2)C(=O)O1. The van der Waals surface area contributed by atoms with Gasteiger partial charge in [-0.2, -0.15) is 0 Å². The number of benzene rings is 1. The average molecular weight is 535 g/mol. The lowest BCUT2D eigenvalue weighted by Gasteiger charge is -2.35. The largest absolute Gasteiger partial charge is 0.459 e. The summed E-state index contributed by atoms with van der Waals surface area (Å²) >= 11 is 0. The number of carbonyl (C=O) groups is 3. The van der Waals surface area contributed by atoms with E-state index in [4.69, 9.17) is 9.15 Å². The Labute approximate surface area is 223 Å². The van der Waals surface area contributed by atoms with Crippen LogP contribution < -0.4 is 15.1 Å². The number of furan rings is 1. The molecular weight excluding hydrogens is 508 g/mol. The Hall–Kier alpha value is -4.94. The number of piperazine rings is 1. The highest BCUT2D eigenvalue weighted by Crippen LogP contribution is 2.26. The molecule has 202 valence electrons. The minimum atomic E-state index is -0.485. The highest BCUT2D eigenvalue weighted by Gasteiger charge is 2.33. The molecule has 39 heavy (non-hydrogen) atoms. The number of amides is 3. The topological polar surface area (TPSA) is 151 Å². The van der Waals surface area contributed by atoms with Crippen molar-refractivity contribution in [1.29, 1.82) is 0 Å². The molecule has 13 heteroatoms. The number of rotatable bonds is 7. The third-order valence-electron chi connectivity index (χ3n) is 6.61. The lowest BCUT2D eigenvalue weighted by atomic mass is 10.1. The second-order valence-corrected chi connectivity index (χ2v) is 9.21. The number of nitrogens with one attached hydrogen (secondary N) is 1. The zero-order valence-electron chi connectivity index (χ0n) is 21.1. The average Bonchev–Trinajstić information content (AvgIpc) is 3.59. The third kappa shape index (κ3) is 5.66. The number of ether oxygens (including phenoxy) is 1. The molecule has 5 rings (SSSR count). The van der Waals surface area contributed by atoms with Crippen molar-refractivity contribution in [2.45, 2.75) is 13.0 Å². The summed E-state index contributed by atoms with van der Waals surface area (Å²) < 4.78 is 10.8. The predicted molar refractivity (Wildman–Crippen MR) is 139 cm³/mol. The maximum Gasteiger partial charge on any atom is 0.414 e. The first-order chi connectivity index (χ1) is 18.8. The number of pyridine rings is 1. The quantitative estimate of drug-likeness (QED) is 0.356. The summed E-state index contributed by atoms with van der Waals surface area (Å²) in [5.41, 5.74) is 1.98. The fourth-order valence-electron chi connectivity index (χ4n) is 4.49. The summed E-state index contributed by atoms with van der Waals surface area (Å²) in [5.74, 6) is 0.515. The molecule has 1 aromatic carbocycles. The first-order valence-electron chi connectivity index (χ1n) is 12.3. The molecule has 2 fully saturated rings. The van der Waals surface area contributed by atoms with E-state index in [1.807, 2.05) is 6.07 Å². The number of hydrogen-bond donors (Lipinski definition) is 1. The van der Waals surface area contributed by atoms with Crippen LogP contribution in [0.4, 0.5) is 22.0 Å². The van der Waals surface area contributed by atoms with E-state index in [2.05, 4.69) is 15.2 Å². The number of cyclic esters (lactones) is 1. The molecule has 2 aliphatic heterocycles. The Balaban J connectivity index is 1.15. The molecule has 0 aliphatic carbocycles. The van der Waals surface area contributed by atoms with Crippen molar-refractivity contribution in [3.05, 3.63) is 70.8 Å². The zero-order chi connectivity index (χ0) is 27.5. The molecule has 4 heterocycles. The number of nitrogens with zero attached hydrogens (tertiary/aromatic N) is 5. The van der Waals surface area contributed by atoms with Crippen molar-refractivity contribution in [2.75, 3.05) is 49.1 Å². The summed E-state index contributed by atoms with van der Waals surface area (Å²) in [7, 11) is 0. The van der Waals surface area contributed by atoms with E-state index < -0.39 is 17.1 Å². The normalized spacial score (nSPS) is 17.2. The van der Waals surface area contributed by atoms with Crippen LogP contribution >= 0.6 is 0 Å². The van der Waals surface area contributed by atoms with Gasteiger partial charge in [-0.05, 0) is 35.9 Å². The molecule has 2 aromatic heterocycles. The van der Waals surface area contributed by atoms with Crippen molar-refractivity contribution in [1.82, 2.24) is 15.2 Å². The van der Waals surface area contributed by atoms with Gasteiger partial charge in [0.2, 0.25) is 5.91 Å². The summed E-state index contributed by atoms with van der Waals surface area (Å²) in [4.78, 5) is 56.5. The summed E-state index contributed by atoms with van der Waals surface area (Å²) in [6.45, 7) is 4.06. The van der Waals surface area contributed by atoms with Gasteiger partial charge < -0.3 is 24.3 Å². The Morgan fingerprint density at radius 2 is 1.85 bits per heavy atom. The van der Waals surface area contributed by atoms with Crippen LogP contribution in [0.5, 0.6) is 0 Å². The van der Waals surface area contributed by atoms with Gasteiger partial charge in [-0.3, -0.25) is 24.6 Å². The number of hydrogen-bond acceptors (Lipinski definition) is 9. The standard InChI is InChI=1S/C26H26N6O7/c1-17(33)27-14-22-15-31(26(35)39-22)21-6-7-24(28-13-21)29-8-10-30(11-9-29)25(34)23-12-19(16-38-23)18-2-4-20(5-3-18)32(36)37/h2-7,12-13,16,22H,8-11,14-15H2,1H3,(H,27,33). The van der Waals surface area contributed by atoms with Gasteiger partial charge in [-0.15, -0.1) is 0 Å². The van der Waals surface area contributed by atoms with E-state index in [1.54, 1.807) is 35.4 Å². The van der Waals surface area contributed by atoms with Crippen LogP contribution in [0.1, 0.15) is 17.5 Å². The Morgan fingerprint density at radius 3 is 2.49 bits per heavy atom. The molecular formula is C26H26N6O7. The summed E-state index contributed by atoms with van der Waals surface area (Å²) in [5, 5.41) is 13.5. The number of anilines is 2.